The van der Waals surface area contributed by atoms with Gasteiger partial charge in [0.25, 0.3) is 0 Å². The molecule has 0 saturated heterocycles. The summed E-state index contributed by atoms with van der Waals surface area (Å²) in [6.45, 7) is 4.54. The molecule has 6 heteroatoms. The smallest absolute Gasteiger partial charge is 0.238 e. The zero-order chi connectivity index (χ0) is 12.3. The molecule has 90 valence electrons. The molecule has 0 unspecified atom stereocenters. The van der Waals surface area contributed by atoms with Crippen LogP contribution in [0.25, 0.3) is 0 Å². The highest BCUT2D eigenvalue weighted by atomic mass is 35.5. The molecule has 1 rings (SSSR count). The van der Waals surface area contributed by atoms with Gasteiger partial charge in [-0.3, -0.25) is 0 Å². The molecule has 0 spiro atoms. The normalized spacial score (nSPS) is 11.8. The van der Waals surface area contributed by atoms with E-state index in [-0.39, 0.29) is 9.92 Å². The van der Waals surface area contributed by atoms with Crippen molar-refractivity contribution in [3.63, 3.8) is 0 Å². The third-order valence-electron chi connectivity index (χ3n) is 1.80. The predicted octanol–water partition coefficient (Wildman–Crippen LogP) is 2.02. The molecular weight excluding hydrogens is 250 g/mol. The Morgan fingerprint density at radius 1 is 1.44 bits per heavy atom. The Kier molecular flexibility index (Phi) is 4.18. The minimum Gasteiger partial charge on any atom is -0.492 e. The number of ether oxygens (including phenoxy) is 1. The van der Waals surface area contributed by atoms with E-state index in [1.54, 1.807) is 0 Å². The fourth-order valence-electron chi connectivity index (χ4n) is 1.03. The van der Waals surface area contributed by atoms with Gasteiger partial charge in [-0.25, -0.2) is 13.6 Å². The number of nitrogens with two attached hydrogens (primary N) is 1. The van der Waals surface area contributed by atoms with Gasteiger partial charge in [0.2, 0.25) is 10.0 Å². The molecule has 0 heterocycles. The van der Waals surface area contributed by atoms with E-state index in [4.69, 9.17) is 21.5 Å². The van der Waals surface area contributed by atoms with Crippen molar-refractivity contribution in [1.82, 2.24) is 0 Å². The van der Waals surface area contributed by atoms with Crippen molar-refractivity contribution >= 4 is 21.6 Å². The summed E-state index contributed by atoms with van der Waals surface area (Å²) in [6, 6.07) is 4.16. The van der Waals surface area contributed by atoms with Crippen LogP contribution in [0.1, 0.15) is 13.8 Å². The lowest BCUT2D eigenvalue weighted by Gasteiger charge is -2.10. The molecule has 0 bridgehead atoms. The summed E-state index contributed by atoms with van der Waals surface area (Å²) in [6.07, 6.45) is 0. The molecule has 0 aromatic heterocycles. The van der Waals surface area contributed by atoms with Gasteiger partial charge in [-0.05, 0) is 24.1 Å². The molecule has 1 aromatic carbocycles. The zero-order valence-electron chi connectivity index (χ0n) is 9.10. The van der Waals surface area contributed by atoms with Crippen LogP contribution in [0.15, 0.2) is 23.1 Å². The lowest BCUT2D eigenvalue weighted by molar-refractivity contribution is 0.271. The second kappa shape index (κ2) is 5.03. The Morgan fingerprint density at radius 2 is 2.06 bits per heavy atom. The molecule has 0 aliphatic carbocycles. The van der Waals surface area contributed by atoms with Crippen LogP contribution < -0.4 is 9.88 Å². The van der Waals surface area contributed by atoms with Gasteiger partial charge in [0.15, 0.2) is 0 Å². The molecule has 4 nitrogen and oxygen atoms in total. The van der Waals surface area contributed by atoms with Crippen LogP contribution in [0.2, 0.25) is 5.02 Å². The Labute approximate surface area is 100 Å². The third-order valence-corrected chi connectivity index (χ3v) is 3.01. The molecule has 0 amide bonds. The van der Waals surface area contributed by atoms with E-state index in [1.165, 1.54) is 18.2 Å². The van der Waals surface area contributed by atoms with Gasteiger partial charge >= 0.3 is 0 Å². The Hall–Kier alpha value is -0.780. The summed E-state index contributed by atoms with van der Waals surface area (Å²) in [5.74, 6) is 0.830. The van der Waals surface area contributed by atoms with Gasteiger partial charge in [0.1, 0.15) is 5.75 Å². The van der Waals surface area contributed by atoms with Crippen molar-refractivity contribution in [2.45, 2.75) is 18.7 Å². The average Bonchev–Trinajstić information content (AvgIpc) is 2.14. The quantitative estimate of drug-likeness (QED) is 0.904. The van der Waals surface area contributed by atoms with E-state index in [1.807, 2.05) is 13.8 Å². The number of halogens is 1. The summed E-state index contributed by atoms with van der Waals surface area (Å²) in [5, 5.41) is 5.21. The van der Waals surface area contributed by atoms with Crippen LogP contribution in [-0.4, -0.2) is 15.0 Å². The van der Waals surface area contributed by atoms with Gasteiger partial charge < -0.3 is 4.74 Å². The summed E-state index contributed by atoms with van der Waals surface area (Å²) in [7, 11) is -3.71. The van der Waals surface area contributed by atoms with Crippen molar-refractivity contribution in [2.75, 3.05) is 6.61 Å². The molecule has 0 atom stereocenters. The van der Waals surface area contributed by atoms with E-state index in [0.29, 0.717) is 18.3 Å². The fourth-order valence-corrected chi connectivity index (χ4v) is 1.87. The van der Waals surface area contributed by atoms with Crippen molar-refractivity contribution < 1.29 is 13.2 Å². The first-order valence-corrected chi connectivity index (χ1v) is 6.68. The second-order valence-electron chi connectivity index (χ2n) is 3.84. The minimum atomic E-state index is -3.71. The topological polar surface area (TPSA) is 69.4 Å². The maximum atomic E-state index is 11.0. The van der Waals surface area contributed by atoms with Crippen LogP contribution in [0.5, 0.6) is 5.75 Å². The van der Waals surface area contributed by atoms with Crippen molar-refractivity contribution in [2.24, 2.45) is 11.1 Å². The van der Waals surface area contributed by atoms with E-state index < -0.39 is 10.0 Å². The first kappa shape index (κ1) is 13.3. The maximum absolute atomic E-state index is 11.0. The molecule has 1 aromatic rings. The highest BCUT2D eigenvalue weighted by molar-refractivity contribution is 7.89. The number of rotatable bonds is 4. The molecule has 2 N–H and O–H groups in total. The summed E-state index contributed by atoms with van der Waals surface area (Å²) in [4.78, 5) is -0.0191. The predicted molar refractivity (Wildman–Crippen MR) is 63.2 cm³/mol. The SMILES string of the molecule is CC(C)COc1ccc(S(N)(=O)=O)cc1Cl. The standard InChI is InChI=1S/C10H14ClNO3S/c1-7(2)6-15-10-4-3-8(5-9(10)11)16(12,13)14/h3-5,7H,6H2,1-2H3,(H2,12,13,14). The molecule has 16 heavy (non-hydrogen) atoms. The molecule has 0 aliphatic rings. The summed E-state index contributed by atoms with van der Waals surface area (Å²) in [5.41, 5.74) is 0. The fraction of sp³-hybridized carbons (Fsp3) is 0.400. The lowest BCUT2D eigenvalue weighted by atomic mass is 10.2. The largest absolute Gasteiger partial charge is 0.492 e. The Morgan fingerprint density at radius 3 is 2.50 bits per heavy atom. The number of benzene rings is 1. The van der Waals surface area contributed by atoms with Gasteiger partial charge in [-0.1, -0.05) is 25.4 Å². The van der Waals surface area contributed by atoms with Crippen molar-refractivity contribution in [1.29, 1.82) is 0 Å². The number of primary sulfonamides is 1. The zero-order valence-corrected chi connectivity index (χ0v) is 10.7. The number of hydrogen-bond acceptors (Lipinski definition) is 3. The van der Waals surface area contributed by atoms with Gasteiger partial charge in [0, 0.05) is 0 Å². The van der Waals surface area contributed by atoms with Crippen LogP contribution in [0, 0.1) is 5.92 Å². The second-order valence-corrected chi connectivity index (χ2v) is 5.81. The Balaban J connectivity index is 2.92. The van der Waals surface area contributed by atoms with Crippen LogP contribution in [0.4, 0.5) is 0 Å². The highest BCUT2D eigenvalue weighted by Crippen LogP contribution is 2.27. The minimum absolute atomic E-state index is 0.0191. The van der Waals surface area contributed by atoms with Gasteiger partial charge in [-0.2, -0.15) is 0 Å². The highest BCUT2D eigenvalue weighted by Gasteiger charge is 2.11. The number of sulfonamides is 1. The van der Waals surface area contributed by atoms with Crippen LogP contribution >= 0.6 is 11.6 Å². The molecule has 0 fully saturated rings. The Bertz CT molecular complexity index is 471. The van der Waals surface area contributed by atoms with E-state index in [2.05, 4.69) is 0 Å². The molecule has 0 saturated carbocycles. The van der Waals surface area contributed by atoms with E-state index >= 15 is 0 Å². The van der Waals surface area contributed by atoms with Gasteiger partial charge in [-0.15, -0.1) is 0 Å². The first-order chi connectivity index (χ1) is 7.30. The molecule has 0 aliphatic heterocycles. The van der Waals surface area contributed by atoms with E-state index in [9.17, 15) is 8.42 Å². The average molecular weight is 264 g/mol. The first-order valence-electron chi connectivity index (χ1n) is 4.76. The van der Waals surface area contributed by atoms with Crippen molar-refractivity contribution in [3.8, 4) is 5.75 Å². The number of hydrogen-bond donors (Lipinski definition) is 1. The monoisotopic (exact) mass is 263 g/mol. The summed E-state index contributed by atoms with van der Waals surface area (Å²) < 4.78 is 27.5. The summed E-state index contributed by atoms with van der Waals surface area (Å²) >= 11 is 5.87. The van der Waals surface area contributed by atoms with Crippen LogP contribution in [0.3, 0.4) is 0 Å². The molecular formula is C10H14ClNO3S. The van der Waals surface area contributed by atoms with Gasteiger partial charge in [0.05, 0.1) is 16.5 Å². The molecule has 0 radical (unpaired) electrons. The third kappa shape index (κ3) is 3.66. The van der Waals surface area contributed by atoms with E-state index in [0.717, 1.165) is 0 Å². The van der Waals surface area contributed by atoms with Crippen molar-refractivity contribution in [3.05, 3.63) is 23.2 Å². The maximum Gasteiger partial charge on any atom is 0.238 e. The van der Waals surface area contributed by atoms with Crippen LogP contribution in [-0.2, 0) is 10.0 Å². The lowest BCUT2D eigenvalue weighted by Crippen LogP contribution is -2.12.